The van der Waals surface area contributed by atoms with Crippen molar-refractivity contribution in [3.8, 4) is 0 Å². The fourth-order valence-corrected chi connectivity index (χ4v) is 7.89. The van der Waals surface area contributed by atoms with Gasteiger partial charge in [0.25, 0.3) is 0 Å². The molecular weight excluding hydrogens is 360 g/mol. The number of hydrogen-bond donors (Lipinski definition) is 0. The van der Waals surface area contributed by atoms with Crippen molar-refractivity contribution in [1.82, 2.24) is 0 Å². The minimum Gasteiger partial charge on any atom is -0.459 e. The van der Waals surface area contributed by atoms with E-state index in [1.807, 2.05) is 30.3 Å². The van der Waals surface area contributed by atoms with Crippen LogP contribution in [0.1, 0.15) is 82.0 Å². The van der Waals surface area contributed by atoms with Crippen LogP contribution in [0.2, 0.25) is 0 Å². The lowest BCUT2D eigenvalue weighted by molar-refractivity contribution is -0.142. The molecule has 0 radical (unpaired) electrons. The Morgan fingerprint density at radius 2 is 1.76 bits per heavy atom. The highest BCUT2D eigenvalue weighted by molar-refractivity contribution is 5.89. The lowest BCUT2D eigenvalue weighted by Gasteiger charge is -2.60. The standard InChI is InChI=1S/C26H34O3/c1-25-14-12-19(29-24(28)17-6-4-3-5-7-17)16-18(25)8-9-20-21-10-11-23(27)26(21,2)15-13-22(20)25/h3-7,18-22H,8-16H2,1-2H3. The highest BCUT2D eigenvalue weighted by Crippen LogP contribution is 2.65. The van der Waals surface area contributed by atoms with Gasteiger partial charge in [0.05, 0.1) is 5.56 Å². The van der Waals surface area contributed by atoms with E-state index in [1.54, 1.807) is 0 Å². The van der Waals surface area contributed by atoms with Gasteiger partial charge in [-0.15, -0.1) is 0 Å². The van der Waals surface area contributed by atoms with Crippen LogP contribution in [-0.4, -0.2) is 17.9 Å². The van der Waals surface area contributed by atoms with Crippen molar-refractivity contribution in [2.24, 2.45) is 34.5 Å². The highest BCUT2D eigenvalue weighted by Gasteiger charge is 2.60. The van der Waals surface area contributed by atoms with E-state index in [0.29, 0.717) is 28.6 Å². The Morgan fingerprint density at radius 1 is 0.966 bits per heavy atom. The third kappa shape index (κ3) is 2.99. The Labute approximate surface area is 174 Å². The Bertz CT molecular complexity index is 801. The second-order valence-corrected chi connectivity index (χ2v) is 10.7. The van der Waals surface area contributed by atoms with E-state index in [1.165, 1.54) is 19.3 Å². The Hall–Kier alpha value is -1.64. The molecule has 0 aliphatic heterocycles. The van der Waals surface area contributed by atoms with E-state index < -0.39 is 0 Å². The first-order chi connectivity index (χ1) is 13.9. The van der Waals surface area contributed by atoms with E-state index in [4.69, 9.17) is 4.74 Å². The summed E-state index contributed by atoms with van der Waals surface area (Å²) in [5.41, 5.74) is 0.972. The lowest BCUT2D eigenvalue weighted by Crippen LogP contribution is -2.54. The van der Waals surface area contributed by atoms with Crippen molar-refractivity contribution in [2.75, 3.05) is 0 Å². The summed E-state index contributed by atoms with van der Waals surface area (Å²) in [6.45, 7) is 4.78. The summed E-state index contributed by atoms with van der Waals surface area (Å²) in [5, 5.41) is 0. The van der Waals surface area contributed by atoms with Crippen LogP contribution in [-0.2, 0) is 9.53 Å². The van der Waals surface area contributed by atoms with E-state index in [2.05, 4.69) is 13.8 Å². The number of benzene rings is 1. The summed E-state index contributed by atoms with van der Waals surface area (Å²) in [6.07, 6.45) is 9.93. The summed E-state index contributed by atoms with van der Waals surface area (Å²) in [5.74, 6) is 3.09. The topological polar surface area (TPSA) is 43.4 Å². The summed E-state index contributed by atoms with van der Waals surface area (Å²) in [7, 11) is 0. The van der Waals surface area contributed by atoms with Gasteiger partial charge in [-0.05, 0) is 92.6 Å². The van der Waals surface area contributed by atoms with Gasteiger partial charge < -0.3 is 4.74 Å². The zero-order valence-corrected chi connectivity index (χ0v) is 17.9. The number of carbonyl (C=O) groups excluding carboxylic acids is 2. The molecule has 156 valence electrons. The number of ketones is 1. The molecule has 4 aliphatic carbocycles. The van der Waals surface area contributed by atoms with Crippen molar-refractivity contribution in [2.45, 2.75) is 77.7 Å². The molecule has 1 aromatic carbocycles. The number of rotatable bonds is 2. The molecule has 0 saturated heterocycles. The average Bonchev–Trinajstić information content (AvgIpc) is 3.03. The van der Waals surface area contributed by atoms with Gasteiger partial charge in [-0.1, -0.05) is 32.0 Å². The summed E-state index contributed by atoms with van der Waals surface area (Å²) in [6, 6.07) is 9.37. The quantitative estimate of drug-likeness (QED) is 0.593. The van der Waals surface area contributed by atoms with Crippen LogP contribution in [0.5, 0.6) is 0 Å². The number of ether oxygens (including phenoxy) is 1. The lowest BCUT2D eigenvalue weighted by atomic mass is 9.45. The number of esters is 1. The maximum atomic E-state index is 12.6. The van der Waals surface area contributed by atoms with Crippen LogP contribution in [0.4, 0.5) is 0 Å². The zero-order valence-electron chi connectivity index (χ0n) is 17.9. The molecule has 7 unspecified atom stereocenters. The van der Waals surface area contributed by atoms with Crippen LogP contribution in [0, 0.1) is 34.5 Å². The Morgan fingerprint density at radius 3 is 2.55 bits per heavy atom. The molecular formula is C26H34O3. The maximum Gasteiger partial charge on any atom is 0.338 e. The van der Waals surface area contributed by atoms with Crippen molar-refractivity contribution < 1.29 is 14.3 Å². The van der Waals surface area contributed by atoms with Gasteiger partial charge >= 0.3 is 5.97 Å². The van der Waals surface area contributed by atoms with Gasteiger partial charge in [-0.3, -0.25) is 4.79 Å². The molecule has 5 rings (SSSR count). The van der Waals surface area contributed by atoms with Crippen molar-refractivity contribution in [3.63, 3.8) is 0 Å². The molecule has 0 spiro atoms. The van der Waals surface area contributed by atoms with E-state index in [9.17, 15) is 9.59 Å². The molecule has 29 heavy (non-hydrogen) atoms. The van der Waals surface area contributed by atoms with Crippen molar-refractivity contribution >= 4 is 11.8 Å². The van der Waals surface area contributed by atoms with Crippen molar-refractivity contribution in [3.05, 3.63) is 35.9 Å². The van der Waals surface area contributed by atoms with Gasteiger partial charge in [-0.2, -0.15) is 0 Å². The van der Waals surface area contributed by atoms with E-state index in [0.717, 1.165) is 50.4 Å². The fraction of sp³-hybridized carbons (Fsp3) is 0.692. The summed E-state index contributed by atoms with van der Waals surface area (Å²) >= 11 is 0. The van der Waals surface area contributed by atoms with Gasteiger partial charge in [0.2, 0.25) is 0 Å². The zero-order chi connectivity index (χ0) is 20.2. The Kier molecular flexibility index (Phi) is 4.64. The first-order valence-electron chi connectivity index (χ1n) is 11.7. The first-order valence-corrected chi connectivity index (χ1v) is 11.7. The van der Waals surface area contributed by atoms with Gasteiger partial charge in [-0.25, -0.2) is 4.79 Å². The van der Waals surface area contributed by atoms with Crippen LogP contribution in [0.15, 0.2) is 30.3 Å². The van der Waals surface area contributed by atoms with Gasteiger partial charge in [0.1, 0.15) is 11.9 Å². The molecule has 4 fully saturated rings. The third-order valence-corrected chi connectivity index (χ3v) is 9.61. The molecule has 3 nitrogen and oxygen atoms in total. The number of carbonyl (C=O) groups is 2. The highest BCUT2D eigenvalue weighted by atomic mass is 16.5. The molecule has 7 atom stereocenters. The smallest absolute Gasteiger partial charge is 0.338 e. The predicted molar refractivity (Wildman–Crippen MR) is 112 cm³/mol. The normalized spacial score (nSPS) is 43.8. The minimum absolute atomic E-state index is 0.0349. The maximum absolute atomic E-state index is 12.6. The minimum atomic E-state index is -0.175. The van der Waals surface area contributed by atoms with Crippen LogP contribution < -0.4 is 0 Å². The van der Waals surface area contributed by atoms with Gasteiger partial charge in [0.15, 0.2) is 0 Å². The second kappa shape index (κ2) is 6.96. The average molecular weight is 395 g/mol. The molecule has 4 saturated carbocycles. The number of Topliss-reactive ketones (excluding diaryl/α,β-unsaturated/α-hetero) is 1. The monoisotopic (exact) mass is 394 g/mol. The second-order valence-electron chi connectivity index (χ2n) is 10.7. The van der Waals surface area contributed by atoms with E-state index in [-0.39, 0.29) is 17.5 Å². The molecule has 0 amide bonds. The first kappa shape index (κ1) is 19.3. The molecule has 3 heteroatoms. The van der Waals surface area contributed by atoms with Crippen LogP contribution in [0.25, 0.3) is 0 Å². The number of fused-ring (bicyclic) bond motifs is 5. The molecule has 0 bridgehead atoms. The molecule has 0 heterocycles. The molecule has 0 aromatic heterocycles. The van der Waals surface area contributed by atoms with Gasteiger partial charge in [0, 0.05) is 11.8 Å². The SMILES string of the molecule is CC12CCC3C(CCC4CC(OC(=O)c5ccccc5)CCC43C)C1CCC2=O. The predicted octanol–water partition coefficient (Wildman–Crippen LogP) is 5.82. The van der Waals surface area contributed by atoms with Crippen LogP contribution in [0.3, 0.4) is 0 Å². The van der Waals surface area contributed by atoms with Crippen molar-refractivity contribution in [1.29, 1.82) is 0 Å². The molecule has 1 aromatic rings. The summed E-state index contributed by atoms with van der Waals surface area (Å²) < 4.78 is 5.92. The summed E-state index contributed by atoms with van der Waals surface area (Å²) in [4.78, 5) is 25.1. The molecule has 0 N–H and O–H groups in total. The Balaban J connectivity index is 1.29. The number of hydrogen-bond acceptors (Lipinski definition) is 3. The van der Waals surface area contributed by atoms with E-state index >= 15 is 0 Å². The third-order valence-electron chi connectivity index (χ3n) is 9.61. The molecule has 4 aliphatic rings. The van der Waals surface area contributed by atoms with Crippen LogP contribution >= 0.6 is 0 Å². The largest absolute Gasteiger partial charge is 0.459 e. The fourth-order valence-electron chi connectivity index (χ4n) is 7.89.